The molecule has 0 unspecified atom stereocenters. The van der Waals surface area contributed by atoms with Crippen LogP contribution in [-0.2, 0) is 16.6 Å². The van der Waals surface area contributed by atoms with Gasteiger partial charge in [0.15, 0.2) is 5.76 Å². The van der Waals surface area contributed by atoms with Gasteiger partial charge in [-0.3, -0.25) is 0 Å². The lowest BCUT2D eigenvalue weighted by atomic mass is 10.1. The lowest BCUT2D eigenvalue weighted by Crippen LogP contribution is -2.26. The van der Waals surface area contributed by atoms with E-state index in [1.165, 1.54) is 17.4 Å². The zero-order valence-corrected chi connectivity index (χ0v) is 15.4. The van der Waals surface area contributed by atoms with Crippen molar-refractivity contribution < 1.29 is 12.9 Å². The topological polar surface area (TPSA) is 89.2 Å². The molecule has 4 rings (SSSR count). The monoisotopic (exact) mass is 386 g/mol. The van der Waals surface area contributed by atoms with E-state index in [2.05, 4.69) is 13.9 Å². The first-order valence-electron chi connectivity index (χ1n) is 7.74. The highest BCUT2D eigenvalue weighted by Gasteiger charge is 2.26. The van der Waals surface area contributed by atoms with Crippen LogP contribution in [0.1, 0.15) is 5.76 Å². The SMILES string of the molecule is CN(Cc1cc(-c2ccccc2)no1)S(=O)(=O)c1cccc2nsnc12. The predicted octanol–water partition coefficient (Wildman–Crippen LogP) is 3.17. The van der Waals surface area contributed by atoms with E-state index in [4.69, 9.17) is 4.52 Å². The van der Waals surface area contributed by atoms with Crippen LogP contribution in [0.4, 0.5) is 0 Å². The number of benzene rings is 2. The van der Waals surface area contributed by atoms with E-state index in [1.54, 1.807) is 18.2 Å². The van der Waals surface area contributed by atoms with E-state index in [0.717, 1.165) is 17.3 Å². The maximum absolute atomic E-state index is 12.9. The predicted molar refractivity (Wildman–Crippen MR) is 98.0 cm³/mol. The summed E-state index contributed by atoms with van der Waals surface area (Å²) < 4.78 is 40.6. The first kappa shape index (κ1) is 16.8. The number of aromatic nitrogens is 3. The van der Waals surface area contributed by atoms with E-state index in [-0.39, 0.29) is 11.4 Å². The number of sulfonamides is 1. The Morgan fingerprint density at radius 2 is 1.88 bits per heavy atom. The third-order valence-corrected chi connectivity index (χ3v) is 6.32. The Bertz CT molecular complexity index is 1150. The molecule has 0 aliphatic heterocycles. The number of rotatable bonds is 5. The van der Waals surface area contributed by atoms with Crippen LogP contribution in [-0.4, -0.2) is 33.7 Å². The summed E-state index contributed by atoms with van der Waals surface area (Å²) in [5.74, 6) is 0.457. The van der Waals surface area contributed by atoms with Gasteiger partial charge in [-0.15, -0.1) is 0 Å². The van der Waals surface area contributed by atoms with Crippen LogP contribution < -0.4 is 0 Å². The summed E-state index contributed by atoms with van der Waals surface area (Å²) in [7, 11) is -2.24. The minimum atomic E-state index is -3.74. The Hall–Kier alpha value is -2.62. The summed E-state index contributed by atoms with van der Waals surface area (Å²) in [6.45, 7) is 0.0656. The molecule has 0 atom stereocenters. The molecule has 2 heterocycles. The van der Waals surface area contributed by atoms with Gasteiger partial charge in [-0.2, -0.15) is 13.1 Å². The molecular formula is C17H14N4O3S2. The molecule has 0 spiro atoms. The van der Waals surface area contributed by atoms with Crippen molar-refractivity contribution in [2.24, 2.45) is 0 Å². The fourth-order valence-electron chi connectivity index (χ4n) is 2.59. The van der Waals surface area contributed by atoms with Gasteiger partial charge in [-0.25, -0.2) is 8.42 Å². The number of hydrogen-bond acceptors (Lipinski definition) is 7. The van der Waals surface area contributed by atoms with Crippen molar-refractivity contribution in [3.63, 3.8) is 0 Å². The first-order chi connectivity index (χ1) is 12.6. The van der Waals surface area contributed by atoms with Crippen molar-refractivity contribution in [2.75, 3.05) is 7.05 Å². The summed E-state index contributed by atoms with van der Waals surface area (Å²) in [5, 5.41) is 4.02. The lowest BCUT2D eigenvalue weighted by molar-refractivity contribution is 0.344. The van der Waals surface area contributed by atoms with E-state index in [1.807, 2.05) is 30.3 Å². The summed E-state index contributed by atoms with van der Waals surface area (Å²) in [4.78, 5) is 0.133. The number of nitrogens with zero attached hydrogens (tertiary/aromatic N) is 4. The molecule has 132 valence electrons. The second-order valence-electron chi connectivity index (χ2n) is 5.69. The largest absolute Gasteiger partial charge is 0.359 e. The van der Waals surface area contributed by atoms with Gasteiger partial charge in [0.05, 0.1) is 18.3 Å². The minimum absolute atomic E-state index is 0.0656. The van der Waals surface area contributed by atoms with Crippen molar-refractivity contribution in [3.8, 4) is 11.3 Å². The van der Waals surface area contributed by atoms with Crippen LogP contribution in [0.25, 0.3) is 22.3 Å². The average molecular weight is 386 g/mol. The van der Waals surface area contributed by atoms with Gasteiger partial charge >= 0.3 is 0 Å². The van der Waals surface area contributed by atoms with Crippen LogP contribution in [0.3, 0.4) is 0 Å². The molecule has 2 aromatic heterocycles. The van der Waals surface area contributed by atoms with Gasteiger partial charge in [0, 0.05) is 18.7 Å². The highest BCUT2D eigenvalue weighted by Crippen LogP contribution is 2.25. The lowest BCUT2D eigenvalue weighted by Gasteiger charge is -2.15. The molecule has 7 nitrogen and oxygen atoms in total. The van der Waals surface area contributed by atoms with Gasteiger partial charge < -0.3 is 4.52 Å². The zero-order chi connectivity index (χ0) is 18.1. The van der Waals surface area contributed by atoms with Gasteiger partial charge in [-0.05, 0) is 12.1 Å². The Morgan fingerprint density at radius 1 is 1.08 bits per heavy atom. The quantitative estimate of drug-likeness (QED) is 0.523. The van der Waals surface area contributed by atoms with E-state index < -0.39 is 10.0 Å². The Morgan fingerprint density at radius 3 is 2.69 bits per heavy atom. The third kappa shape index (κ3) is 3.00. The fraction of sp³-hybridized carbons (Fsp3) is 0.118. The zero-order valence-electron chi connectivity index (χ0n) is 13.7. The van der Waals surface area contributed by atoms with Crippen molar-refractivity contribution in [1.82, 2.24) is 18.2 Å². The van der Waals surface area contributed by atoms with E-state index in [0.29, 0.717) is 22.5 Å². The van der Waals surface area contributed by atoms with Gasteiger partial charge in [0.1, 0.15) is 21.6 Å². The molecule has 0 saturated carbocycles. The number of hydrogen-bond donors (Lipinski definition) is 0. The second kappa shape index (κ2) is 6.60. The average Bonchev–Trinajstić information content (AvgIpc) is 3.31. The van der Waals surface area contributed by atoms with Crippen LogP contribution in [0.5, 0.6) is 0 Å². The van der Waals surface area contributed by atoms with E-state index in [9.17, 15) is 8.42 Å². The standard InChI is InChI=1S/C17H14N4O3S2/c1-21(11-13-10-15(18-24-13)12-6-3-2-4-7-12)26(22,23)16-9-5-8-14-17(16)20-25-19-14/h2-10H,11H2,1H3. The van der Waals surface area contributed by atoms with Crippen LogP contribution in [0, 0.1) is 0 Å². The summed E-state index contributed by atoms with van der Waals surface area (Å²) in [6, 6.07) is 16.2. The molecule has 0 fully saturated rings. The van der Waals surface area contributed by atoms with E-state index >= 15 is 0 Å². The summed E-state index contributed by atoms with van der Waals surface area (Å²) in [5.41, 5.74) is 2.52. The minimum Gasteiger partial charge on any atom is -0.359 e. The molecule has 2 aromatic carbocycles. The molecule has 0 saturated heterocycles. The van der Waals surface area contributed by atoms with Gasteiger partial charge in [0.25, 0.3) is 0 Å². The maximum atomic E-state index is 12.9. The van der Waals surface area contributed by atoms with Crippen molar-refractivity contribution in [1.29, 1.82) is 0 Å². The Labute approximate surface area is 154 Å². The van der Waals surface area contributed by atoms with Crippen molar-refractivity contribution in [3.05, 3.63) is 60.4 Å². The Balaban J connectivity index is 1.61. The molecule has 9 heteroatoms. The molecule has 26 heavy (non-hydrogen) atoms. The van der Waals surface area contributed by atoms with Crippen LogP contribution in [0.15, 0.2) is 64.0 Å². The molecular weight excluding hydrogens is 372 g/mol. The third-order valence-electron chi connectivity index (χ3n) is 3.94. The molecule has 0 radical (unpaired) electrons. The number of fused-ring (bicyclic) bond motifs is 1. The smallest absolute Gasteiger partial charge is 0.245 e. The first-order valence-corrected chi connectivity index (χ1v) is 9.91. The van der Waals surface area contributed by atoms with Gasteiger partial charge in [0.2, 0.25) is 10.0 Å². The molecule has 4 aromatic rings. The fourth-order valence-corrected chi connectivity index (χ4v) is 4.48. The highest BCUT2D eigenvalue weighted by molar-refractivity contribution is 7.89. The molecule has 0 aliphatic carbocycles. The molecule has 0 aliphatic rings. The highest BCUT2D eigenvalue weighted by atomic mass is 32.2. The molecule has 0 bridgehead atoms. The van der Waals surface area contributed by atoms with Crippen molar-refractivity contribution >= 4 is 32.8 Å². The van der Waals surface area contributed by atoms with Crippen molar-refractivity contribution in [2.45, 2.75) is 11.4 Å². The molecule has 0 amide bonds. The van der Waals surface area contributed by atoms with Crippen LogP contribution in [0.2, 0.25) is 0 Å². The normalized spacial score (nSPS) is 12.1. The summed E-state index contributed by atoms with van der Waals surface area (Å²) >= 11 is 0.988. The molecule has 0 N–H and O–H groups in total. The second-order valence-corrected chi connectivity index (χ2v) is 8.24. The summed E-state index contributed by atoms with van der Waals surface area (Å²) in [6.07, 6.45) is 0. The van der Waals surface area contributed by atoms with Gasteiger partial charge in [-0.1, -0.05) is 41.6 Å². The van der Waals surface area contributed by atoms with Crippen LogP contribution >= 0.6 is 11.7 Å². The maximum Gasteiger partial charge on any atom is 0.245 e. The Kier molecular flexibility index (Phi) is 4.27.